The van der Waals surface area contributed by atoms with Gasteiger partial charge in [0, 0.05) is 18.5 Å². The van der Waals surface area contributed by atoms with Gasteiger partial charge in [0.05, 0.1) is 32.8 Å². The van der Waals surface area contributed by atoms with E-state index in [-0.39, 0.29) is 28.4 Å². The summed E-state index contributed by atoms with van der Waals surface area (Å²) in [4.78, 5) is 28.9. The second-order valence-corrected chi connectivity index (χ2v) is 11.0. The van der Waals surface area contributed by atoms with E-state index in [1.807, 2.05) is 38.4 Å². The van der Waals surface area contributed by atoms with Crippen molar-refractivity contribution in [3.63, 3.8) is 0 Å². The summed E-state index contributed by atoms with van der Waals surface area (Å²) in [5.74, 6) is -2.83. The molecule has 0 spiro atoms. The summed E-state index contributed by atoms with van der Waals surface area (Å²) < 4.78 is 20.1. The van der Waals surface area contributed by atoms with E-state index in [2.05, 4.69) is 20.8 Å². The van der Waals surface area contributed by atoms with Crippen LogP contribution in [0.1, 0.15) is 63.8 Å². The van der Waals surface area contributed by atoms with Crippen LogP contribution in [0.2, 0.25) is 0 Å². The molecule has 0 saturated carbocycles. The lowest BCUT2D eigenvalue weighted by Gasteiger charge is -2.28. The van der Waals surface area contributed by atoms with Gasteiger partial charge in [-0.1, -0.05) is 56.9 Å². The molecule has 1 fully saturated rings. The summed E-state index contributed by atoms with van der Waals surface area (Å²) in [7, 11) is 4.03. The molecule has 0 aromatic heterocycles. The highest BCUT2D eigenvalue weighted by molar-refractivity contribution is 6.46. The Labute approximate surface area is 213 Å². The van der Waals surface area contributed by atoms with Gasteiger partial charge in [0.25, 0.3) is 5.91 Å². The third-order valence-electron chi connectivity index (χ3n) is 6.25. The number of likely N-dealkylation sites (tertiary alicyclic amines) is 1. The quantitative estimate of drug-likeness (QED) is 0.347. The van der Waals surface area contributed by atoms with Crippen LogP contribution in [-0.4, -0.2) is 49.9 Å². The number of nitrogens with one attached hydrogen (secondary N) is 1. The number of ether oxygens (including phenoxy) is 1. The van der Waals surface area contributed by atoms with Gasteiger partial charge in [0.1, 0.15) is 0 Å². The Morgan fingerprint density at radius 2 is 1.75 bits per heavy atom. The number of quaternary nitrogens is 1. The van der Waals surface area contributed by atoms with Crippen LogP contribution in [0.5, 0.6) is 5.75 Å². The molecule has 1 saturated heterocycles. The number of halogens is 1. The van der Waals surface area contributed by atoms with Gasteiger partial charge >= 0.3 is 0 Å². The van der Waals surface area contributed by atoms with E-state index >= 15 is 0 Å². The fraction of sp³-hybridized carbons (Fsp3) is 0.448. The molecule has 7 heteroatoms. The Kier molecular flexibility index (Phi) is 8.24. The highest BCUT2D eigenvalue weighted by Gasteiger charge is 2.44. The van der Waals surface area contributed by atoms with Gasteiger partial charge in [-0.2, -0.15) is 0 Å². The molecular weight excluding hydrogens is 459 g/mol. The van der Waals surface area contributed by atoms with Gasteiger partial charge in [-0.15, -0.1) is 0 Å². The number of hydrogen-bond acceptors (Lipinski definition) is 4. The van der Waals surface area contributed by atoms with Gasteiger partial charge in [-0.05, 0) is 48.1 Å². The molecule has 2 aromatic rings. The molecule has 1 atom stereocenters. The van der Waals surface area contributed by atoms with E-state index in [0.717, 1.165) is 18.2 Å². The average molecular weight is 497 g/mol. The Bertz CT molecular complexity index is 1150. The van der Waals surface area contributed by atoms with E-state index in [1.54, 1.807) is 13.8 Å². The topological polar surface area (TPSA) is 74.1 Å². The lowest BCUT2D eigenvalue weighted by molar-refractivity contribution is -0.858. The Morgan fingerprint density at radius 3 is 2.28 bits per heavy atom. The fourth-order valence-electron chi connectivity index (χ4n) is 4.36. The normalized spacial score (nSPS) is 17.9. The van der Waals surface area contributed by atoms with Crippen LogP contribution < -0.4 is 14.7 Å². The molecule has 1 aliphatic heterocycles. The number of carbonyl (C=O) groups excluding carboxylic acids is 2. The largest absolute Gasteiger partial charge is 0.872 e. The fourth-order valence-corrected chi connectivity index (χ4v) is 4.36. The third-order valence-corrected chi connectivity index (χ3v) is 6.25. The number of Topliss-reactive ketones (excluding diaryl/α,β-unsaturated/α-hetero) is 1. The standard InChI is InChI=1S/C29H37FN2O4/c1-18(2)36-23-14-11-20(17-22(23)30)26(33)24-25(19-9-12-21(13-10-19)29(3,4)5)32(28(35)27(24)34)16-8-15-31(6)7/h9-14,17-18,25,33H,8,15-16H2,1-7H3. The van der Waals surface area contributed by atoms with Crippen LogP contribution in [0.25, 0.3) is 5.76 Å². The van der Waals surface area contributed by atoms with Crippen LogP contribution in [0, 0.1) is 5.82 Å². The summed E-state index contributed by atoms with van der Waals surface area (Å²) >= 11 is 0. The van der Waals surface area contributed by atoms with Crippen molar-refractivity contribution in [1.82, 2.24) is 4.90 Å². The van der Waals surface area contributed by atoms with Gasteiger partial charge in [0.2, 0.25) is 5.78 Å². The first-order valence-electron chi connectivity index (χ1n) is 12.4. The van der Waals surface area contributed by atoms with E-state index < -0.39 is 29.3 Å². The van der Waals surface area contributed by atoms with Crippen molar-refractivity contribution in [3.05, 3.63) is 70.5 Å². The Morgan fingerprint density at radius 1 is 1.11 bits per heavy atom. The second-order valence-electron chi connectivity index (χ2n) is 11.0. The molecule has 3 rings (SSSR count). The molecule has 1 heterocycles. The number of benzene rings is 2. The van der Waals surface area contributed by atoms with Crippen LogP contribution >= 0.6 is 0 Å². The van der Waals surface area contributed by atoms with Crippen molar-refractivity contribution < 1.29 is 28.7 Å². The van der Waals surface area contributed by atoms with Gasteiger partial charge < -0.3 is 19.6 Å². The summed E-state index contributed by atoms with van der Waals surface area (Å²) in [6, 6.07) is 10.7. The van der Waals surface area contributed by atoms with Crippen LogP contribution in [0.4, 0.5) is 4.39 Å². The van der Waals surface area contributed by atoms with Gasteiger partial charge in [0.15, 0.2) is 11.6 Å². The van der Waals surface area contributed by atoms with Crippen molar-refractivity contribution in [2.24, 2.45) is 0 Å². The highest BCUT2D eigenvalue weighted by Crippen LogP contribution is 2.39. The number of ketones is 1. The zero-order chi connectivity index (χ0) is 26.8. The number of carbonyl (C=O) groups is 2. The smallest absolute Gasteiger partial charge is 0.295 e. The molecule has 6 nitrogen and oxygen atoms in total. The summed E-state index contributed by atoms with van der Waals surface area (Å²) in [6.45, 7) is 11.0. The maximum absolute atomic E-state index is 14.7. The van der Waals surface area contributed by atoms with Crippen LogP contribution in [-0.2, 0) is 15.0 Å². The monoisotopic (exact) mass is 496 g/mol. The van der Waals surface area contributed by atoms with E-state index in [0.29, 0.717) is 18.5 Å². The molecule has 0 bridgehead atoms. The van der Waals surface area contributed by atoms with Crippen LogP contribution in [0.3, 0.4) is 0 Å². The second kappa shape index (κ2) is 10.8. The predicted molar refractivity (Wildman–Crippen MR) is 136 cm³/mol. The maximum atomic E-state index is 14.7. The molecule has 1 amide bonds. The molecule has 2 aromatic carbocycles. The summed E-state index contributed by atoms with van der Waals surface area (Å²) in [5, 5.41) is 13.6. The molecule has 1 N–H and O–H groups in total. The van der Waals surface area contributed by atoms with Crippen molar-refractivity contribution in [2.75, 3.05) is 27.2 Å². The molecule has 194 valence electrons. The lowest BCUT2D eigenvalue weighted by atomic mass is 9.85. The maximum Gasteiger partial charge on any atom is 0.295 e. The van der Waals surface area contributed by atoms with Gasteiger partial charge in [-0.3, -0.25) is 9.59 Å². The molecular formula is C29H37FN2O4. The van der Waals surface area contributed by atoms with Crippen molar-refractivity contribution >= 4 is 17.4 Å². The van der Waals surface area contributed by atoms with E-state index in [4.69, 9.17) is 4.74 Å². The first kappa shape index (κ1) is 27.4. The minimum atomic E-state index is -0.829. The van der Waals surface area contributed by atoms with Crippen molar-refractivity contribution in [3.8, 4) is 5.75 Å². The van der Waals surface area contributed by atoms with Crippen LogP contribution in [0.15, 0.2) is 48.0 Å². The number of nitrogens with zero attached hydrogens (tertiary/aromatic N) is 1. The first-order valence-corrected chi connectivity index (χ1v) is 12.4. The minimum absolute atomic E-state index is 0.00986. The third kappa shape index (κ3) is 5.95. The molecule has 0 aliphatic carbocycles. The summed E-state index contributed by atoms with van der Waals surface area (Å²) in [6.07, 6.45) is 0.442. The highest BCUT2D eigenvalue weighted by atomic mass is 19.1. The predicted octanol–water partition coefficient (Wildman–Crippen LogP) is 2.67. The average Bonchev–Trinajstić information content (AvgIpc) is 3.04. The van der Waals surface area contributed by atoms with Gasteiger partial charge in [-0.25, -0.2) is 4.39 Å². The number of amides is 1. The Hall–Kier alpha value is -3.19. The number of rotatable bonds is 8. The molecule has 1 unspecified atom stereocenters. The molecule has 36 heavy (non-hydrogen) atoms. The first-order chi connectivity index (χ1) is 16.8. The summed E-state index contributed by atoms with van der Waals surface area (Å²) in [5.41, 5.74) is 1.57. The zero-order valence-corrected chi connectivity index (χ0v) is 22.3. The SMILES string of the molecule is CC(C)Oc1ccc(C([O-])=C2C(=O)C(=O)N(CCC[NH+](C)C)C2c2ccc(C(C)(C)C)cc2)cc1F. The van der Waals surface area contributed by atoms with E-state index in [9.17, 15) is 19.1 Å². The molecule has 1 aliphatic rings. The van der Waals surface area contributed by atoms with E-state index in [1.165, 1.54) is 21.9 Å². The molecule has 0 radical (unpaired) electrons. The van der Waals surface area contributed by atoms with Crippen molar-refractivity contribution in [2.45, 2.75) is 58.6 Å². The Balaban J connectivity index is 2.10. The minimum Gasteiger partial charge on any atom is -0.872 e. The lowest BCUT2D eigenvalue weighted by Crippen LogP contribution is -3.05. The zero-order valence-electron chi connectivity index (χ0n) is 22.3. The number of hydrogen-bond donors (Lipinski definition) is 1. The van der Waals surface area contributed by atoms with Crippen molar-refractivity contribution in [1.29, 1.82) is 0 Å².